The van der Waals surface area contributed by atoms with Crippen LogP contribution in [0.3, 0.4) is 0 Å². The summed E-state index contributed by atoms with van der Waals surface area (Å²) in [7, 11) is 0. The van der Waals surface area contributed by atoms with Gasteiger partial charge >= 0.3 is 234 Å². The molecule has 8 heteroatoms. The van der Waals surface area contributed by atoms with E-state index >= 15 is 13.2 Å². The Morgan fingerprint density at radius 3 is 1.62 bits per heavy atom. The van der Waals surface area contributed by atoms with Gasteiger partial charge in [-0.1, -0.05) is 0 Å². The minimum absolute atomic E-state index is 0.0948. The summed E-state index contributed by atoms with van der Waals surface area (Å²) in [6.45, 7) is -3.17. The van der Waals surface area contributed by atoms with Crippen LogP contribution in [0.25, 0.3) is 0 Å². The molecule has 200 valence electrons. The fourth-order valence-electron chi connectivity index (χ4n) is 5.36. The predicted octanol–water partition coefficient (Wildman–Crippen LogP) is 7.13. The average Bonchev–Trinajstić information content (AvgIpc) is 3.32. The van der Waals surface area contributed by atoms with Crippen molar-refractivity contribution in [2.75, 3.05) is 6.61 Å². The van der Waals surface area contributed by atoms with E-state index in [0.29, 0.717) is 20.4 Å². The van der Waals surface area contributed by atoms with Crippen LogP contribution in [0.1, 0.15) is 12.5 Å². The van der Waals surface area contributed by atoms with E-state index in [2.05, 4.69) is 15.9 Å². The van der Waals surface area contributed by atoms with Crippen LogP contribution in [-0.2, 0) is 19.7 Å². The molecule has 0 fully saturated rings. The third kappa shape index (κ3) is 4.07. The topological polar surface area (TPSA) is 35.5 Å². The van der Waals surface area contributed by atoms with E-state index in [9.17, 15) is 4.79 Å². The molecule has 1 aliphatic heterocycles. The molecule has 0 spiro atoms. The van der Waals surface area contributed by atoms with E-state index in [4.69, 9.17) is 9.26 Å². The van der Waals surface area contributed by atoms with Gasteiger partial charge in [0, 0.05) is 0 Å². The molecule has 1 aliphatic rings. The molecule has 0 radical (unpaired) electrons. The SMILES string of the molecule is CCOC(=O)C1=CP(c2ccccc2)(c2ccccc2)(c2ccccc2)OC1(c1ccc(Br)cc1)C(F)(F)F. The Balaban J connectivity index is 2.03. The van der Waals surface area contributed by atoms with Crippen molar-refractivity contribution in [1.82, 2.24) is 0 Å². The quantitative estimate of drug-likeness (QED) is 0.172. The van der Waals surface area contributed by atoms with E-state index < -0.39 is 30.2 Å². The van der Waals surface area contributed by atoms with Crippen molar-refractivity contribution in [3.8, 4) is 0 Å². The predicted molar refractivity (Wildman–Crippen MR) is 153 cm³/mol. The molecule has 0 aliphatic carbocycles. The van der Waals surface area contributed by atoms with E-state index in [0.717, 1.165) is 0 Å². The summed E-state index contributed by atoms with van der Waals surface area (Å²) in [5.74, 6) is 0.367. The molecule has 4 aromatic rings. The normalized spacial score (nSPS) is 20.8. The van der Waals surface area contributed by atoms with Gasteiger partial charge in [-0.3, -0.25) is 0 Å². The van der Waals surface area contributed by atoms with Gasteiger partial charge in [0.15, 0.2) is 0 Å². The first-order chi connectivity index (χ1) is 18.7. The summed E-state index contributed by atoms with van der Waals surface area (Å²) in [6.07, 6.45) is -5.03. The first-order valence-electron chi connectivity index (χ1n) is 12.3. The molecule has 4 aromatic carbocycles. The van der Waals surface area contributed by atoms with Crippen molar-refractivity contribution in [1.29, 1.82) is 0 Å². The molecule has 3 nitrogen and oxygen atoms in total. The molecule has 0 N–H and O–H groups in total. The second kappa shape index (κ2) is 10.1. The second-order valence-corrected chi connectivity index (χ2v) is 14.3. The molecule has 0 aromatic heterocycles. The first-order valence-corrected chi connectivity index (χ1v) is 15.3. The van der Waals surface area contributed by atoms with Crippen LogP contribution in [0.15, 0.2) is 131 Å². The van der Waals surface area contributed by atoms with Crippen molar-refractivity contribution in [2.45, 2.75) is 18.7 Å². The number of benzene rings is 4. The van der Waals surface area contributed by atoms with Crippen molar-refractivity contribution < 1.29 is 27.2 Å². The molecule has 0 amide bonds. The van der Waals surface area contributed by atoms with Gasteiger partial charge in [0.1, 0.15) is 0 Å². The maximum absolute atomic E-state index is 15.7. The summed E-state index contributed by atoms with van der Waals surface area (Å²) >= 11 is 3.31. The van der Waals surface area contributed by atoms with Crippen LogP contribution >= 0.6 is 22.8 Å². The molecule has 0 saturated carbocycles. The Morgan fingerprint density at radius 2 is 1.23 bits per heavy atom. The van der Waals surface area contributed by atoms with Gasteiger partial charge < -0.3 is 0 Å². The molecule has 1 unspecified atom stereocenters. The zero-order valence-electron chi connectivity index (χ0n) is 20.9. The molecule has 5 rings (SSSR count). The van der Waals surface area contributed by atoms with Crippen LogP contribution in [0, 0.1) is 0 Å². The summed E-state index contributed by atoms with van der Waals surface area (Å²) in [5, 5.41) is 1.60. The maximum atomic E-state index is 15.7. The fourth-order valence-corrected chi connectivity index (χ4v) is 11.3. The van der Waals surface area contributed by atoms with Gasteiger partial charge in [0.25, 0.3) is 0 Å². The Labute approximate surface area is 233 Å². The number of halogens is 4. The zero-order chi connectivity index (χ0) is 27.8. The molecular weight excluding hydrogens is 588 g/mol. The Hall–Kier alpha value is -3.25. The third-order valence-corrected chi connectivity index (χ3v) is 12.9. The van der Waals surface area contributed by atoms with Crippen molar-refractivity contribution in [2.24, 2.45) is 0 Å². The van der Waals surface area contributed by atoms with E-state index in [-0.39, 0.29) is 12.2 Å². The van der Waals surface area contributed by atoms with Crippen molar-refractivity contribution in [3.05, 3.63) is 137 Å². The van der Waals surface area contributed by atoms with Crippen molar-refractivity contribution >= 4 is 44.6 Å². The number of ether oxygens (including phenoxy) is 1. The number of esters is 1. The number of alkyl halides is 3. The third-order valence-electron chi connectivity index (χ3n) is 7.03. The van der Waals surface area contributed by atoms with Gasteiger partial charge in [0.05, 0.1) is 0 Å². The monoisotopic (exact) mass is 612 g/mol. The summed E-state index contributed by atoms with van der Waals surface area (Å²) < 4.78 is 60.0. The van der Waals surface area contributed by atoms with Gasteiger partial charge in [-0.2, -0.15) is 0 Å². The number of hydrogen-bond donors (Lipinski definition) is 0. The van der Waals surface area contributed by atoms with Crippen LogP contribution in [0.5, 0.6) is 0 Å². The van der Waals surface area contributed by atoms with Gasteiger partial charge in [0.2, 0.25) is 0 Å². The average molecular weight is 613 g/mol. The van der Waals surface area contributed by atoms with Crippen LogP contribution < -0.4 is 15.9 Å². The molecule has 1 atom stereocenters. The standard InChI is InChI=1S/C31H25BrF3O3P/c1-2-37-29(36)28-22-39(25-12-6-3-7-13-25,26-14-8-4-9-15-26,27-16-10-5-11-17-27)38-30(28,31(33,34)35)23-18-20-24(32)21-19-23/h3-22H,2H2,1H3. The fraction of sp³-hybridized carbons (Fsp3) is 0.129. The number of carbonyl (C=O) groups excluding carboxylic acids is 1. The number of hydrogen-bond acceptors (Lipinski definition) is 3. The van der Waals surface area contributed by atoms with Crippen LogP contribution in [0.4, 0.5) is 13.2 Å². The second-order valence-electron chi connectivity index (χ2n) is 9.15. The van der Waals surface area contributed by atoms with E-state index in [1.165, 1.54) is 30.1 Å². The molecule has 0 saturated heterocycles. The number of carbonyl (C=O) groups is 1. The summed E-state index contributed by atoms with van der Waals surface area (Å²) in [6, 6.07) is 32.3. The summed E-state index contributed by atoms with van der Waals surface area (Å²) in [5.41, 5.74) is -3.92. The summed E-state index contributed by atoms with van der Waals surface area (Å²) in [4.78, 5) is 13.6. The van der Waals surface area contributed by atoms with Crippen LogP contribution in [-0.4, -0.2) is 18.8 Å². The van der Waals surface area contributed by atoms with Crippen LogP contribution in [0.2, 0.25) is 0 Å². The van der Waals surface area contributed by atoms with E-state index in [1.54, 1.807) is 97.9 Å². The van der Waals surface area contributed by atoms with Gasteiger partial charge in [-0.15, -0.1) is 0 Å². The van der Waals surface area contributed by atoms with Crippen molar-refractivity contribution in [3.63, 3.8) is 0 Å². The zero-order valence-corrected chi connectivity index (χ0v) is 23.4. The molecule has 0 bridgehead atoms. The van der Waals surface area contributed by atoms with Gasteiger partial charge in [-0.05, 0) is 0 Å². The Kier molecular flexibility index (Phi) is 7.04. The Morgan fingerprint density at radius 1 is 0.795 bits per heavy atom. The first kappa shape index (κ1) is 27.3. The minimum atomic E-state index is -5.03. The molecule has 39 heavy (non-hydrogen) atoms. The van der Waals surface area contributed by atoms with Gasteiger partial charge in [-0.25, -0.2) is 0 Å². The molecular formula is C31H25BrF3O3P. The van der Waals surface area contributed by atoms with E-state index in [1.807, 2.05) is 0 Å². The molecule has 1 heterocycles. The Bertz CT molecular complexity index is 1410. The number of rotatable bonds is 6.